The number of alkyl halides is 3. The van der Waals surface area contributed by atoms with Crippen molar-refractivity contribution in [1.82, 2.24) is 25.1 Å². The highest BCUT2D eigenvalue weighted by Crippen LogP contribution is 2.40. The maximum Gasteiger partial charge on any atom is 0.418 e. The van der Waals surface area contributed by atoms with Crippen LogP contribution in [0.5, 0.6) is 0 Å². The number of hydrogen-bond donors (Lipinski definition) is 3. The number of H-pyrrole nitrogens is 1. The van der Waals surface area contributed by atoms with Gasteiger partial charge in [0, 0.05) is 49.3 Å². The summed E-state index contributed by atoms with van der Waals surface area (Å²) in [4.78, 5) is 12.3. The minimum Gasteiger partial charge on any atom is -0.368 e. The van der Waals surface area contributed by atoms with Gasteiger partial charge < -0.3 is 20.4 Å². The summed E-state index contributed by atoms with van der Waals surface area (Å²) in [5, 5.41) is 13.0. The van der Waals surface area contributed by atoms with Crippen molar-refractivity contribution < 1.29 is 13.2 Å². The van der Waals surface area contributed by atoms with Gasteiger partial charge in [-0.3, -0.25) is 5.10 Å². The van der Waals surface area contributed by atoms with Gasteiger partial charge >= 0.3 is 6.18 Å². The highest BCUT2D eigenvalue weighted by atomic mass is 35.5. The summed E-state index contributed by atoms with van der Waals surface area (Å²) in [5.74, 6) is 0.896. The van der Waals surface area contributed by atoms with Crippen LogP contribution < -0.4 is 15.5 Å². The molecule has 1 fully saturated rings. The lowest BCUT2D eigenvalue weighted by molar-refractivity contribution is -0.137. The molecule has 0 bridgehead atoms. The fourth-order valence-corrected chi connectivity index (χ4v) is 3.74. The first-order valence-corrected chi connectivity index (χ1v) is 10.7. The summed E-state index contributed by atoms with van der Waals surface area (Å²) >= 11 is 6.18. The molecule has 0 spiro atoms. The fourth-order valence-electron chi connectivity index (χ4n) is 3.60. The van der Waals surface area contributed by atoms with Crippen LogP contribution in [-0.2, 0) is 6.18 Å². The molecule has 0 unspecified atom stereocenters. The van der Waals surface area contributed by atoms with Gasteiger partial charge in [0.05, 0.1) is 11.8 Å². The van der Waals surface area contributed by atoms with Crippen molar-refractivity contribution in [1.29, 1.82) is 0 Å². The van der Waals surface area contributed by atoms with Crippen molar-refractivity contribution in [3.8, 4) is 0 Å². The summed E-state index contributed by atoms with van der Waals surface area (Å²) < 4.78 is 41.9. The number of likely N-dealkylation sites (N-methyl/N-ethyl adjacent to an activating group) is 1. The van der Waals surface area contributed by atoms with E-state index in [0.717, 1.165) is 11.8 Å². The molecule has 0 saturated carbocycles. The number of hydrogen-bond acceptors (Lipinski definition) is 7. The number of rotatable bonds is 5. The summed E-state index contributed by atoms with van der Waals surface area (Å²) in [6, 6.07) is 4.45. The number of halogens is 4. The van der Waals surface area contributed by atoms with Gasteiger partial charge in [-0.1, -0.05) is 11.6 Å². The molecular weight excluding hydrogens is 457 g/mol. The summed E-state index contributed by atoms with van der Waals surface area (Å²) in [6.45, 7) is 6.09. The minimum atomic E-state index is -4.51. The van der Waals surface area contributed by atoms with Crippen LogP contribution in [0, 0.1) is 13.8 Å². The quantitative estimate of drug-likeness (QED) is 0.487. The van der Waals surface area contributed by atoms with Crippen molar-refractivity contribution in [3.05, 3.63) is 46.2 Å². The average molecular weight is 481 g/mol. The normalized spacial score (nSPS) is 15.1. The fraction of sp³-hybridized carbons (Fsp3) is 0.381. The Morgan fingerprint density at radius 1 is 1.06 bits per heavy atom. The highest BCUT2D eigenvalue weighted by molar-refractivity contribution is 6.32. The minimum absolute atomic E-state index is 0.109. The van der Waals surface area contributed by atoms with E-state index in [1.165, 1.54) is 6.20 Å². The number of aromatic amines is 1. The molecule has 1 aromatic carbocycles. The van der Waals surface area contributed by atoms with Crippen LogP contribution in [0.25, 0.3) is 0 Å². The summed E-state index contributed by atoms with van der Waals surface area (Å²) in [7, 11) is 1.96. The van der Waals surface area contributed by atoms with Crippen LogP contribution in [0.1, 0.15) is 16.8 Å². The zero-order valence-electron chi connectivity index (χ0n) is 18.4. The zero-order valence-corrected chi connectivity index (χ0v) is 19.1. The average Bonchev–Trinajstić information content (AvgIpc) is 3.16. The van der Waals surface area contributed by atoms with Crippen molar-refractivity contribution in [2.45, 2.75) is 20.0 Å². The van der Waals surface area contributed by atoms with Gasteiger partial charge in [0.1, 0.15) is 5.02 Å². The van der Waals surface area contributed by atoms with Crippen LogP contribution in [0.4, 0.5) is 42.1 Å². The third-order valence-corrected chi connectivity index (χ3v) is 5.71. The van der Waals surface area contributed by atoms with Crippen LogP contribution in [-0.4, -0.2) is 58.3 Å². The van der Waals surface area contributed by atoms with E-state index in [-0.39, 0.29) is 28.2 Å². The van der Waals surface area contributed by atoms with E-state index in [1.54, 1.807) is 24.0 Å². The van der Waals surface area contributed by atoms with Crippen molar-refractivity contribution in [3.63, 3.8) is 0 Å². The molecule has 1 aliphatic rings. The Kier molecular flexibility index (Phi) is 6.35. The number of benzene rings is 1. The molecule has 0 radical (unpaired) electrons. The Morgan fingerprint density at radius 2 is 1.79 bits per heavy atom. The molecular formula is C21H24ClF3N8. The van der Waals surface area contributed by atoms with Crippen molar-refractivity contribution in [2.24, 2.45) is 0 Å². The maximum absolute atomic E-state index is 14.0. The Labute approximate surface area is 194 Å². The molecule has 0 aliphatic carbocycles. The molecule has 0 atom stereocenters. The lowest BCUT2D eigenvalue weighted by atomic mass is 10.0. The highest BCUT2D eigenvalue weighted by Gasteiger charge is 2.36. The second-order valence-electron chi connectivity index (χ2n) is 8.05. The Hall–Kier alpha value is -3.05. The van der Waals surface area contributed by atoms with Crippen LogP contribution in [0.2, 0.25) is 5.02 Å². The number of nitrogens with one attached hydrogen (secondary N) is 3. The molecule has 12 heteroatoms. The molecule has 4 rings (SSSR count). The predicted octanol–water partition coefficient (Wildman–Crippen LogP) is 4.73. The van der Waals surface area contributed by atoms with E-state index in [1.807, 2.05) is 14.0 Å². The van der Waals surface area contributed by atoms with Gasteiger partial charge in [-0.05, 0) is 38.6 Å². The Morgan fingerprint density at radius 3 is 2.42 bits per heavy atom. The van der Waals surface area contributed by atoms with Gasteiger partial charge in [-0.2, -0.15) is 23.3 Å². The lowest BCUT2D eigenvalue weighted by Gasteiger charge is -2.35. The molecule has 3 aromatic rings. The molecule has 33 heavy (non-hydrogen) atoms. The van der Waals surface area contributed by atoms with Crippen LogP contribution in [0.15, 0.2) is 24.4 Å². The van der Waals surface area contributed by atoms with Crippen molar-refractivity contribution >= 4 is 40.6 Å². The summed E-state index contributed by atoms with van der Waals surface area (Å²) in [6.07, 6.45) is -3.13. The third-order valence-electron chi connectivity index (χ3n) is 5.44. The largest absolute Gasteiger partial charge is 0.418 e. The van der Waals surface area contributed by atoms with Gasteiger partial charge in [0.25, 0.3) is 0 Å². The molecule has 0 amide bonds. The van der Waals surface area contributed by atoms with E-state index in [2.05, 4.69) is 35.7 Å². The third kappa shape index (κ3) is 5.31. The number of aryl methyl sites for hydroxylation is 2. The summed E-state index contributed by atoms with van der Waals surface area (Å²) in [5.41, 5.74) is 1.25. The molecule has 1 saturated heterocycles. The van der Waals surface area contributed by atoms with E-state index in [4.69, 9.17) is 11.6 Å². The monoisotopic (exact) mass is 480 g/mol. The van der Waals surface area contributed by atoms with Crippen molar-refractivity contribution in [2.75, 3.05) is 48.8 Å². The number of piperazine rings is 1. The second kappa shape index (κ2) is 9.06. The smallest absolute Gasteiger partial charge is 0.368 e. The maximum atomic E-state index is 14.0. The first-order chi connectivity index (χ1) is 15.6. The standard InChI is InChI=1S/C21H24ClF3N8/c1-12-8-17(33-6-4-32(3)5-7-33)14(21(23,24)25)10-16(12)27-20-26-11-15(22)19(29-20)28-18-9-13(2)30-31-18/h8-11H,4-7H2,1-3H3,(H3,26,27,28,29,30,31). The van der Waals surface area contributed by atoms with E-state index in [9.17, 15) is 13.2 Å². The van der Waals surface area contributed by atoms with Crippen LogP contribution in [0.3, 0.4) is 0 Å². The molecule has 176 valence electrons. The lowest BCUT2D eigenvalue weighted by Crippen LogP contribution is -2.45. The van der Waals surface area contributed by atoms with E-state index in [0.29, 0.717) is 37.6 Å². The van der Waals surface area contributed by atoms with Gasteiger partial charge in [-0.15, -0.1) is 0 Å². The Balaban J connectivity index is 1.63. The molecule has 3 N–H and O–H groups in total. The van der Waals surface area contributed by atoms with Crippen LogP contribution >= 0.6 is 11.6 Å². The molecule has 1 aliphatic heterocycles. The predicted molar refractivity (Wildman–Crippen MR) is 123 cm³/mol. The molecule has 2 aromatic heterocycles. The zero-order chi connectivity index (χ0) is 23.8. The molecule has 3 heterocycles. The molecule has 8 nitrogen and oxygen atoms in total. The number of aromatic nitrogens is 4. The van der Waals surface area contributed by atoms with E-state index >= 15 is 0 Å². The van der Waals surface area contributed by atoms with E-state index < -0.39 is 11.7 Å². The van der Waals surface area contributed by atoms with Gasteiger partial charge in [-0.25, -0.2) is 4.98 Å². The number of nitrogens with zero attached hydrogens (tertiary/aromatic N) is 5. The first-order valence-electron chi connectivity index (χ1n) is 10.3. The topological polar surface area (TPSA) is 85.0 Å². The Bertz CT molecular complexity index is 1140. The van der Waals surface area contributed by atoms with Gasteiger partial charge in [0.15, 0.2) is 11.6 Å². The number of anilines is 5. The second-order valence-corrected chi connectivity index (χ2v) is 8.46. The first kappa shape index (κ1) is 23.1. The van der Waals surface area contributed by atoms with Gasteiger partial charge in [0.2, 0.25) is 5.95 Å². The SMILES string of the molecule is Cc1cc(Nc2nc(Nc3cc(C(F)(F)F)c(N4CCN(C)CC4)cc3C)ncc2Cl)n[nH]1.